The van der Waals surface area contributed by atoms with Gasteiger partial charge in [0.25, 0.3) is 0 Å². The maximum Gasteiger partial charge on any atom is 0.352 e. The van der Waals surface area contributed by atoms with Crippen molar-refractivity contribution in [2.24, 2.45) is 0 Å². The minimum absolute atomic E-state index is 0.352. The van der Waals surface area contributed by atoms with Crippen LogP contribution < -0.4 is 0 Å². The maximum atomic E-state index is 11.2. The van der Waals surface area contributed by atoms with Gasteiger partial charge in [0.1, 0.15) is 5.69 Å². The van der Waals surface area contributed by atoms with Gasteiger partial charge in [0.2, 0.25) is 0 Å². The topological polar surface area (TPSA) is 45.5 Å². The molecule has 0 amide bonds. The number of carboxylic acid groups (broad SMARTS) is 1. The van der Waals surface area contributed by atoms with E-state index in [1.54, 1.807) is 6.07 Å². The van der Waals surface area contributed by atoms with Crippen molar-refractivity contribution in [3.8, 4) is 0 Å². The Kier molecular flexibility index (Phi) is 4.36. The summed E-state index contributed by atoms with van der Waals surface area (Å²) < 4.78 is 1.95. The highest BCUT2D eigenvalue weighted by Gasteiger charge is 2.28. The van der Waals surface area contributed by atoms with Crippen LogP contribution in [0.25, 0.3) is 0 Å². The summed E-state index contributed by atoms with van der Waals surface area (Å²) in [4.78, 5) is 13.8. The molecule has 0 atom stereocenters. The molecule has 2 aliphatic rings. The van der Waals surface area contributed by atoms with E-state index in [0.29, 0.717) is 11.7 Å². The second kappa shape index (κ2) is 6.22. The van der Waals surface area contributed by atoms with Crippen molar-refractivity contribution in [3.05, 3.63) is 24.0 Å². The average molecular weight is 294 g/mol. The number of nitrogens with zero attached hydrogens (tertiary/aromatic N) is 2. The van der Waals surface area contributed by atoms with E-state index in [2.05, 4.69) is 16.7 Å². The minimum atomic E-state index is -0.818. The number of piperidine rings is 1. The number of aromatic nitrogens is 1. The van der Waals surface area contributed by atoms with Gasteiger partial charge in [-0.1, -0.05) is 0 Å². The monoisotopic (exact) mass is 294 g/mol. The zero-order chi connectivity index (χ0) is 13.9. The fourth-order valence-electron chi connectivity index (χ4n) is 3.47. The number of hydrogen-bond donors (Lipinski definition) is 1. The van der Waals surface area contributed by atoms with Crippen LogP contribution in [0.4, 0.5) is 0 Å². The van der Waals surface area contributed by atoms with Gasteiger partial charge in [0, 0.05) is 31.4 Å². The number of aromatic carboxylic acids is 1. The fraction of sp³-hybridized carbons (Fsp3) is 0.667. The van der Waals surface area contributed by atoms with Crippen molar-refractivity contribution < 1.29 is 9.90 Å². The molecule has 5 heteroatoms. The van der Waals surface area contributed by atoms with Gasteiger partial charge < -0.3 is 14.6 Å². The fourth-order valence-corrected chi connectivity index (χ4v) is 4.55. The van der Waals surface area contributed by atoms with E-state index in [1.165, 1.54) is 24.3 Å². The molecule has 0 unspecified atom stereocenters. The standard InChI is InChI=1S/C15H22N2O2S/c18-15(19)14-2-1-7-17(14)13-3-8-16(9-4-13)12-5-10-20-11-6-12/h1-2,7,12-13H,3-6,8-11H2,(H,18,19). The third kappa shape index (κ3) is 2.88. The summed E-state index contributed by atoms with van der Waals surface area (Å²) in [6.45, 7) is 2.22. The van der Waals surface area contributed by atoms with Crippen LogP contribution in [0.1, 0.15) is 42.2 Å². The molecule has 110 valence electrons. The van der Waals surface area contributed by atoms with Crippen molar-refractivity contribution >= 4 is 17.7 Å². The number of likely N-dealkylation sites (tertiary alicyclic amines) is 1. The smallest absolute Gasteiger partial charge is 0.352 e. The molecule has 2 fully saturated rings. The molecule has 0 radical (unpaired) electrons. The molecule has 0 aliphatic carbocycles. The summed E-state index contributed by atoms with van der Waals surface area (Å²) in [7, 11) is 0. The van der Waals surface area contributed by atoms with Crippen molar-refractivity contribution in [2.75, 3.05) is 24.6 Å². The number of carboxylic acids is 1. The molecule has 0 bridgehead atoms. The van der Waals surface area contributed by atoms with Gasteiger partial charge in [-0.25, -0.2) is 4.79 Å². The molecular formula is C15H22N2O2S. The van der Waals surface area contributed by atoms with Crippen molar-refractivity contribution in [1.82, 2.24) is 9.47 Å². The van der Waals surface area contributed by atoms with Crippen LogP contribution >= 0.6 is 11.8 Å². The maximum absolute atomic E-state index is 11.2. The molecule has 0 spiro atoms. The number of rotatable bonds is 3. The van der Waals surface area contributed by atoms with Crippen molar-refractivity contribution in [3.63, 3.8) is 0 Å². The zero-order valence-electron chi connectivity index (χ0n) is 11.7. The summed E-state index contributed by atoms with van der Waals surface area (Å²) in [6.07, 6.45) is 6.69. The van der Waals surface area contributed by atoms with E-state index < -0.39 is 5.97 Å². The minimum Gasteiger partial charge on any atom is -0.477 e. The van der Waals surface area contributed by atoms with Gasteiger partial charge >= 0.3 is 5.97 Å². The summed E-state index contributed by atoms with van der Waals surface area (Å²) in [5, 5.41) is 9.21. The predicted molar refractivity (Wildman–Crippen MR) is 81.6 cm³/mol. The van der Waals surface area contributed by atoms with Crippen LogP contribution in [0.15, 0.2) is 18.3 Å². The van der Waals surface area contributed by atoms with Crippen molar-refractivity contribution in [2.45, 2.75) is 37.8 Å². The molecule has 3 heterocycles. The van der Waals surface area contributed by atoms with E-state index in [0.717, 1.165) is 32.0 Å². The molecule has 2 aliphatic heterocycles. The molecule has 2 saturated heterocycles. The summed E-state index contributed by atoms with van der Waals surface area (Å²) in [6, 6.07) is 4.66. The molecule has 1 N–H and O–H groups in total. The third-order valence-electron chi connectivity index (χ3n) is 4.60. The first-order valence-corrected chi connectivity index (χ1v) is 8.63. The highest BCUT2D eigenvalue weighted by molar-refractivity contribution is 7.99. The largest absolute Gasteiger partial charge is 0.477 e. The third-order valence-corrected chi connectivity index (χ3v) is 5.65. The molecule has 1 aromatic heterocycles. The van der Waals surface area contributed by atoms with E-state index in [4.69, 9.17) is 0 Å². The molecule has 3 rings (SSSR count). The van der Waals surface area contributed by atoms with E-state index in [9.17, 15) is 9.90 Å². The van der Waals surface area contributed by atoms with Gasteiger partial charge in [-0.15, -0.1) is 0 Å². The Balaban J connectivity index is 1.60. The van der Waals surface area contributed by atoms with Crippen LogP contribution in [0.5, 0.6) is 0 Å². The highest BCUT2D eigenvalue weighted by Crippen LogP contribution is 2.29. The lowest BCUT2D eigenvalue weighted by atomic mass is 10.0. The summed E-state index contributed by atoms with van der Waals surface area (Å²) in [5.41, 5.74) is 0.428. The van der Waals surface area contributed by atoms with Crippen LogP contribution in [0.2, 0.25) is 0 Å². The van der Waals surface area contributed by atoms with Gasteiger partial charge in [-0.2, -0.15) is 11.8 Å². The Morgan fingerprint density at radius 3 is 2.50 bits per heavy atom. The van der Waals surface area contributed by atoms with Crippen LogP contribution in [-0.2, 0) is 0 Å². The van der Waals surface area contributed by atoms with Gasteiger partial charge in [0.05, 0.1) is 0 Å². The molecule has 20 heavy (non-hydrogen) atoms. The second-order valence-corrected chi connectivity index (χ2v) is 6.94. The second-order valence-electron chi connectivity index (χ2n) is 5.72. The molecule has 0 saturated carbocycles. The number of hydrogen-bond acceptors (Lipinski definition) is 3. The molecule has 1 aromatic rings. The Morgan fingerprint density at radius 1 is 1.15 bits per heavy atom. The van der Waals surface area contributed by atoms with Gasteiger partial charge in [-0.3, -0.25) is 0 Å². The number of carbonyl (C=O) groups is 1. The van der Waals surface area contributed by atoms with Gasteiger partial charge in [-0.05, 0) is 49.3 Å². The first-order valence-electron chi connectivity index (χ1n) is 7.47. The van der Waals surface area contributed by atoms with Crippen LogP contribution in [-0.4, -0.2) is 51.2 Å². The van der Waals surface area contributed by atoms with E-state index >= 15 is 0 Å². The van der Waals surface area contributed by atoms with E-state index in [1.807, 2.05) is 16.8 Å². The first-order chi connectivity index (χ1) is 9.75. The quantitative estimate of drug-likeness (QED) is 0.931. The SMILES string of the molecule is O=C(O)c1cccn1C1CCN(C2CCSCC2)CC1. The Hall–Kier alpha value is -0.940. The van der Waals surface area contributed by atoms with Crippen molar-refractivity contribution in [1.29, 1.82) is 0 Å². The summed E-state index contributed by atoms with van der Waals surface area (Å²) in [5.74, 6) is 1.78. The summed E-state index contributed by atoms with van der Waals surface area (Å²) >= 11 is 2.07. The molecular weight excluding hydrogens is 272 g/mol. The highest BCUT2D eigenvalue weighted by atomic mass is 32.2. The predicted octanol–water partition coefficient (Wildman–Crippen LogP) is 2.72. The van der Waals surface area contributed by atoms with Gasteiger partial charge in [0.15, 0.2) is 0 Å². The first kappa shape index (κ1) is 14.0. The Labute approximate surface area is 124 Å². The Morgan fingerprint density at radius 2 is 1.85 bits per heavy atom. The van der Waals surface area contributed by atoms with Crippen LogP contribution in [0, 0.1) is 0 Å². The molecule has 0 aromatic carbocycles. The normalized spacial score (nSPS) is 23.0. The molecule has 4 nitrogen and oxygen atoms in total. The number of thioether (sulfide) groups is 1. The van der Waals surface area contributed by atoms with Crippen LogP contribution in [0.3, 0.4) is 0 Å². The average Bonchev–Trinajstić information content (AvgIpc) is 2.98. The lowest BCUT2D eigenvalue weighted by molar-refractivity contribution is 0.0674. The Bertz CT molecular complexity index is 460. The lowest BCUT2D eigenvalue weighted by Crippen LogP contribution is -2.43. The zero-order valence-corrected chi connectivity index (χ0v) is 12.5. The lowest BCUT2D eigenvalue weighted by Gasteiger charge is -2.39. The van der Waals surface area contributed by atoms with E-state index in [-0.39, 0.29) is 0 Å².